The summed E-state index contributed by atoms with van der Waals surface area (Å²) in [5, 5.41) is 0. The van der Waals surface area contributed by atoms with Crippen LogP contribution in [0.5, 0.6) is 0 Å². The molecule has 0 amide bonds. The van der Waals surface area contributed by atoms with E-state index in [9.17, 15) is 0 Å². The number of aryl methyl sites for hydroxylation is 4. The van der Waals surface area contributed by atoms with Crippen LogP contribution in [0.1, 0.15) is 72.9 Å². The summed E-state index contributed by atoms with van der Waals surface area (Å²) >= 11 is 0. The maximum absolute atomic E-state index is 2.34. The highest BCUT2D eigenvalue weighted by atomic mass is 15.1. The summed E-state index contributed by atoms with van der Waals surface area (Å²) in [6.45, 7) is 8.77. The van der Waals surface area contributed by atoms with Crippen LogP contribution < -0.4 is 9.80 Å². The Bertz CT molecular complexity index is 1790. The van der Waals surface area contributed by atoms with Gasteiger partial charge in [0.05, 0.1) is 0 Å². The van der Waals surface area contributed by atoms with Crippen molar-refractivity contribution in [3.63, 3.8) is 0 Å². The predicted molar refractivity (Wildman–Crippen MR) is 218 cm³/mol. The maximum atomic E-state index is 2.34. The molecular formula is C48H50N2. The second-order valence-electron chi connectivity index (χ2n) is 13.4. The summed E-state index contributed by atoms with van der Waals surface area (Å²) in [5.41, 5.74) is 14.6. The van der Waals surface area contributed by atoms with Crippen LogP contribution in [0.3, 0.4) is 0 Å². The molecule has 50 heavy (non-hydrogen) atoms. The van der Waals surface area contributed by atoms with Crippen LogP contribution in [0.2, 0.25) is 0 Å². The minimum absolute atomic E-state index is 1.13. The van der Waals surface area contributed by atoms with E-state index >= 15 is 0 Å². The summed E-state index contributed by atoms with van der Waals surface area (Å²) < 4.78 is 0. The van der Waals surface area contributed by atoms with Gasteiger partial charge in [0.25, 0.3) is 0 Å². The molecule has 6 aromatic carbocycles. The van der Waals surface area contributed by atoms with Gasteiger partial charge in [-0.3, -0.25) is 0 Å². The van der Waals surface area contributed by atoms with Crippen molar-refractivity contribution >= 4 is 46.3 Å². The van der Waals surface area contributed by atoms with Crippen molar-refractivity contribution in [2.45, 2.75) is 66.2 Å². The molecule has 0 fully saturated rings. The lowest BCUT2D eigenvalue weighted by molar-refractivity contribution is 0.795. The van der Waals surface area contributed by atoms with Gasteiger partial charge in [-0.2, -0.15) is 0 Å². The standard InChI is InChI=1S/C48H50N2/c1-5-7-9-39-17-29-45(30-18-39)49(43-25-11-37(3)12-26-43)47-33-21-41(22-34-47)15-16-42-23-35-48(36-24-42)50(44-27-13-38(4)14-28-44)46-31-19-40(20-32-46)10-8-6-2/h11-36H,5-10H2,1-4H3/b16-15+. The monoisotopic (exact) mass is 654 g/mol. The molecule has 0 bridgehead atoms. The van der Waals surface area contributed by atoms with E-state index in [2.05, 4.69) is 195 Å². The summed E-state index contributed by atoms with van der Waals surface area (Å²) in [5.74, 6) is 0. The molecule has 0 spiro atoms. The maximum Gasteiger partial charge on any atom is 0.0462 e. The Morgan fingerprint density at radius 1 is 0.360 bits per heavy atom. The second-order valence-corrected chi connectivity index (χ2v) is 13.4. The second kappa shape index (κ2) is 16.9. The lowest BCUT2D eigenvalue weighted by Crippen LogP contribution is -2.10. The van der Waals surface area contributed by atoms with Gasteiger partial charge in [-0.05, 0) is 135 Å². The van der Waals surface area contributed by atoms with Crippen LogP contribution in [0, 0.1) is 13.8 Å². The third kappa shape index (κ3) is 8.81. The molecule has 2 nitrogen and oxygen atoms in total. The Morgan fingerprint density at radius 2 is 0.620 bits per heavy atom. The number of hydrogen-bond donors (Lipinski definition) is 0. The summed E-state index contributed by atoms with van der Waals surface area (Å²) in [4.78, 5) is 4.68. The van der Waals surface area contributed by atoms with Gasteiger partial charge in [0.1, 0.15) is 0 Å². The fourth-order valence-electron chi connectivity index (χ4n) is 6.33. The van der Waals surface area contributed by atoms with Gasteiger partial charge in [-0.25, -0.2) is 0 Å². The van der Waals surface area contributed by atoms with Crippen LogP contribution in [0.25, 0.3) is 12.2 Å². The van der Waals surface area contributed by atoms with E-state index in [0.29, 0.717) is 0 Å². The van der Waals surface area contributed by atoms with Crippen molar-refractivity contribution in [2.75, 3.05) is 9.80 Å². The molecule has 0 aliphatic heterocycles. The highest BCUT2D eigenvalue weighted by molar-refractivity contribution is 5.80. The predicted octanol–water partition coefficient (Wildman–Crippen LogP) is 14.1. The number of anilines is 6. The molecule has 0 unspecified atom stereocenters. The fraction of sp³-hybridized carbons (Fsp3) is 0.208. The Labute approximate surface area is 300 Å². The number of benzene rings is 6. The first kappa shape index (κ1) is 34.5. The summed E-state index contributed by atoms with van der Waals surface area (Å²) in [7, 11) is 0. The Balaban J connectivity index is 1.21. The molecule has 0 atom stereocenters. The molecule has 252 valence electrons. The van der Waals surface area contributed by atoms with Gasteiger partial charge in [0, 0.05) is 34.1 Å². The Kier molecular flexibility index (Phi) is 11.6. The van der Waals surface area contributed by atoms with Crippen molar-refractivity contribution in [2.24, 2.45) is 0 Å². The van der Waals surface area contributed by atoms with Crippen molar-refractivity contribution in [1.82, 2.24) is 0 Å². The summed E-state index contributed by atoms with van der Waals surface area (Å²) in [6.07, 6.45) is 11.5. The van der Waals surface area contributed by atoms with E-state index in [1.54, 1.807) is 0 Å². The third-order valence-corrected chi connectivity index (χ3v) is 9.38. The number of hydrogen-bond acceptors (Lipinski definition) is 2. The fourth-order valence-corrected chi connectivity index (χ4v) is 6.33. The van der Waals surface area contributed by atoms with Gasteiger partial charge >= 0.3 is 0 Å². The zero-order valence-corrected chi connectivity index (χ0v) is 30.1. The van der Waals surface area contributed by atoms with Crippen molar-refractivity contribution in [1.29, 1.82) is 0 Å². The molecule has 0 radical (unpaired) electrons. The van der Waals surface area contributed by atoms with Crippen LogP contribution in [-0.2, 0) is 12.8 Å². The topological polar surface area (TPSA) is 6.48 Å². The van der Waals surface area contributed by atoms with E-state index in [-0.39, 0.29) is 0 Å². The molecule has 0 saturated heterocycles. The first-order chi connectivity index (χ1) is 24.5. The molecule has 0 N–H and O–H groups in total. The average Bonchev–Trinajstić information content (AvgIpc) is 3.16. The lowest BCUT2D eigenvalue weighted by atomic mass is 10.1. The smallest absolute Gasteiger partial charge is 0.0462 e. The van der Waals surface area contributed by atoms with Gasteiger partial charge in [0.2, 0.25) is 0 Å². The van der Waals surface area contributed by atoms with Crippen LogP contribution >= 0.6 is 0 Å². The van der Waals surface area contributed by atoms with Gasteiger partial charge in [-0.1, -0.05) is 123 Å². The Hall–Kier alpha value is -5.34. The van der Waals surface area contributed by atoms with E-state index in [0.717, 1.165) is 35.6 Å². The minimum Gasteiger partial charge on any atom is -0.311 e. The SMILES string of the molecule is CCCCc1ccc(N(c2ccc(C)cc2)c2ccc(/C=C/c3ccc(N(c4ccc(C)cc4)c4ccc(CCCC)cc4)cc3)cc2)cc1. The first-order valence-electron chi connectivity index (χ1n) is 18.3. The number of nitrogens with zero attached hydrogens (tertiary/aromatic N) is 2. The molecule has 0 aliphatic rings. The van der Waals surface area contributed by atoms with Crippen LogP contribution in [-0.4, -0.2) is 0 Å². The minimum atomic E-state index is 1.13. The number of rotatable bonds is 14. The molecule has 6 rings (SSSR count). The summed E-state index contributed by atoms with van der Waals surface area (Å²) in [6, 6.07) is 53.4. The molecule has 0 aromatic heterocycles. The van der Waals surface area contributed by atoms with E-state index < -0.39 is 0 Å². The molecule has 0 heterocycles. The highest BCUT2D eigenvalue weighted by Crippen LogP contribution is 2.37. The average molecular weight is 655 g/mol. The lowest BCUT2D eigenvalue weighted by Gasteiger charge is -2.26. The largest absolute Gasteiger partial charge is 0.311 e. The van der Waals surface area contributed by atoms with E-state index in [1.807, 2.05) is 0 Å². The zero-order valence-electron chi connectivity index (χ0n) is 30.1. The normalized spacial score (nSPS) is 11.2. The van der Waals surface area contributed by atoms with Crippen LogP contribution in [0.4, 0.5) is 34.1 Å². The highest BCUT2D eigenvalue weighted by Gasteiger charge is 2.14. The molecule has 2 heteroatoms. The third-order valence-electron chi connectivity index (χ3n) is 9.38. The number of unbranched alkanes of at least 4 members (excludes halogenated alkanes) is 2. The first-order valence-corrected chi connectivity index (χ1v) is 18.3. The molecule has 0 saturated carbocycles. The van der Waals surface area contributed by atoms with E-state index in [4.69, 9.17) is 0 Å². The van der Waals surface area contributed by atoms with Gasteiger partial charge in [-0.15, -0.1) is 0 Å². The van der Waals surface area contributed by atoms with Crippen molar-refractivity contribution in [3.8, 4) is 0 Å². The molecule has 6 aromatic rings. The van der Waals surface area contributed by atoms with Crippen molar-refractivity contribution in [3.05, 3.63) is 179 Å². The molecule has 0 aliphatic carbocycles. The van der Waals surface area contributed by atoms with Gasteiger partial charge < -0.3 is 9.80 Å². The van der Waals surface area contributed by atoms with E-state index in [1.165, 1.54) is 70.4 Å². The zero-order chi connectivity index (χ0) is 34.7. The van der Waals surface area contributed by atoms with Gasteiger partial charge in [0.15, 0.2) is 0 Å². The van der Waals surface area contributed by atoms with Crippen LogP contribution in [0.15, 0.2) is 146 Å². The Morgan fingerprint density at radius 3 is 0.900 bits per heavy atom. The molecular weight excluding hydrogens is 605 g/mol. The quantitative estimate of drug-likeness (QED) is 0.108. The van der Waals surface area contributed by atoms with Crippen molar-refractivity contribution < 1.29 is 0 Å².